The third kappa shape index (κ3) is 6.97. The topological polar surface area (TPSA) is 95.3 Å². The highest BCUT2D eigenvalue weighted by Gasteiger charge is 2.18. The summed E-state index contributed by atoms with van der Waals surface area (Å²) in [4.78, 5) is 23.7. The van der Waals surface area contributed by atoms with Crippen molar-refractivity contribution in [2.24, 2.45) is 0 Å². The van der Waals surface area contributed by atoms with Crippen molar-refractivity contribution in [2.45, 2.75) is 24.9 Å². The molecule has 10 heteroatoms. The number of carbonyl (C=O) groups excluding carboxylic acids is 2. The van der Waals surface area contributed by atoms with E-state index < -0.39 is 0 Å². The Morgan fingerprint density at radius 1 is 1.15 bits per heavy atom. The van der Waals surface area contributed by atoms with Crippen LogP contribution in [0, 0.1) is 0 Å². The van der Waals surface area contributed by atoms with Gasteiger partial charge in [-0.25, -0.2) is 0 Å². The fourth-order valence-electron chi connectivity index (χ4n) is 3.01. The molecule has 2 aromatic carbocycles. The van der Waals surface area contributed by atoms with Gasteiger partial charge in [-0.15, -0.1) is 10.2 Å². The van der Waals surface area contributed by atoms with Crippen molar-refractivity contribution in [1.82, 2.24) is 20.1 Å². The average Bonchev–Trinajstić information content (AvgIpc) is 3.25. The zero-order valence-electron chi connectivity index (χ0n) is 18.4. The fraction of sp³-hybridized carbons (Fsp3) is 0.304. The Morgan fingerprint density at radius 2 is 1.94 bits per heavy atom. The smallest absolute Gasteiger partial charge is 0.305 e. The van der Waals surface area contributed by atoms with E-state index in [0.717, 1.165) is 11.3 Å². The van der Waals surface area contributed by atoms with Gasteiger partial charge in [0.1, 0.15) is 5.75 Å². The SMILES string of the molecule is CCOC(=O)CCCNC(=O)CSc1nnc(-c2cccc(OC)c2)n1-c1ccc(Cl)cc1. The van der Waals surface area contributed by atoms with Gasteiger partial charge in [0.2, 0.25) is 5.91 Å². The Balaban J connectivity index is 1.72. The maximum absolute atomic E-state index is 12.3. The number of ether oxygens (including phenoxy) is 2. The molecule has 3 rings (SSSR count). The van der Waals surface area contributed by atoms with Crippen molar-refractivity contribution in [3.63, 3.8) is 0 Å². The molecule has 0 saturated carbocycles. The summed E-state index contributed by atoms with van der Waals surface area (Å²) in [5.74, 6) is 1.06. The highest BCUT2D eigenvalue weighted by molar-refractivity contribution is 7.99. The van der Waals surface area contributed by atoms with Crippen LogP contribution in [0.3, 0.4) is 0 Å². The first-order valence-electron chi connectivity index (χ1n) is 10.4. The zero-order valence-corrected chi connectivity index (χ0v) is 20.0. The molecule has 8 nitrogen and oxygen atoms in total. The molecule has 1 amide bonds. The van der Waals surface area contributed by atoms with Crippen molar-refractivity contribution in [3.05, 3.63) is 53.6 Å². The van der Waals surface area contributed by atoms with Gasteiger partial charge < -0.3 is 14.8 Å². The predicted octanol–water partition coefficient (Wildman–Crippen LogP) is 4.15. The molecular weight excluding hydrogens is 464 g/mol. The minimum Gasteiger partial charge on any atom is -0.497 e. The molecule has 0 atom stereocenters. The summed E-state index contributed by atoms with van der Waals surface area (Å²) in [7, 11) is 1.61. The number of thioether (sulfide) groups is 1. The van der Waals surface area contributed by atoms with Crippen LogP contribution in [0.2, 0.25) is 5.02 Å². The van der Waals surface area contributed by atoms with Crippen LogP contribution in [0.5, 0.6) is 5.75 Å². The molecule has 1 heterocycles. The number of carbonyl (C=O) groups is 2. The second-order valence-corrected chi connectivity index (χ2v) is 8.28. The first-order chi connectivity index (χ1) is 16.0. The molecule has 174 valence electrons. The number of benzene rings is 2. The Morgan fingerprint density at radius 3 is 2.67 bits per heavy atom. The molecule has 0 radical (unpaired) electrons. The lowest BCUT2D eigenvalue weighted by Gasteiger charge is -2.11. The van der Waals surface area contributed by atoms with E-state index in [1.54, 1.807) is 26.2 Å². The van der Waals surface area contributed by atoms with E-state index in [1.165, 1.54) is 11.8 Å². The number of halogens is 1. The molecule has 0 aliphatic heterocycles. The maximum Gasteiger partial charge on any atom is 0.305 e. The molecule has 0 aliphatic rings. The van der Waals surface area contributed by atoms with Crippen molar-refractivity contribution in [2.75, 3.05) is 26.0 Å². The summed E-state index contributed by atoms with van der Waals surface area (Å²) < 4.78 is 12.1. The van der Waals surface area contributed by atoms with Crippen molar-refractivity contribution in [3.8, 4) is 22.8 Å². The molecule has 1 aromatic heterocycles. The van der Waals surface area contributed by atoms with Crippen LogP contribution in [0.25, 0.3) is 17.1 Å². The summed E-state index contributed by atoms with van der Waals surface area (Å²) in [5.41, 5.74) is 1.65. The molecule has 0 bridgehead atoms. The van der Waals surface area contributed by atoms with Crippen molar-refractivity contribution < 1.29 is 19.1 Å². The van der Waals surface area contributed by atoms with Crippen LogP contribution in [0.1, 0.15) is 19.8 Å². The van der Waals surface area contributed by atoms with Gasteiger partial charge in [0.25, 0.3) is 0 Å². The Kier molecular flexibility index (Phi) is 9.14. The number of esters is 1. The third-order valence-corrected chi connectivity index (χ3v) is 5.74. The van der Waals surface area contributed by atoms with Gasteiger partial charge in [-0.3, -0.25) is 14.2 Å². The summed E-state index contributed by atoms with van der Waals surface area (Å²) in [6.45, 7) is 2.52. The van der Waals surface area contributed by atoms with Crippen LogP contribution in [-0.4, -0.2) is 52.7 Å². The zero-order chi connectivity index (χ0) is 23.6. The lowest BCUT2D eigenvalue weighted by molar-refractivity contribution is -0.143. The van der Waals surface area contributed by atoms with E-state index in [-0.39, 0.29) is 24.1 Å². The van der Waals surface area contributed by atoms with Gasteiger partial charge in [-0.05, 0) is 49.7 Å². The standard InChI is InChI=1S/C23H25ClN4O4S/c1-3-32-21(30)8-5-13-25-20(29)15-33-23-27-26-22(16-6-4-7-19(14-16)31-2)28(23)18-11-9-17(24)10-12-18/h4,6-7,9-12,14H,3,5,8,13,15H2,1-2H3,(H,25,29). The van der Waals surface area contributed by atoms with E-state index in [9.17, 15) is 9.59 Å². The van der Waals surface area contributed by atoms with Crippen LogP contribution in [0.15, 0.2) is 53.7 Å². The van der Waals surface area contributed by atoms with Gasteiger partial charge in [-0.1, -0.05) is 35.5 Å². The quantitative estimate of drug-likeness (QED) is 0.246. The van der Waals surface area contributed by atoms with E-state index in [0.29, 0.717) is 41.3 Å². The number of rotatable bonds is 11. The lowest BCUT2D eigenvalue weighted by atomic mass is 10.2. The van der Waals surface area contributed by atoms with Crippen LogP contribution in [0.4, 0.5) is 0 Å². The highest BCUT2D eigenvalue weighted by atomic mass is 35.5. The van der Waals surface area contributed by atoms with E-state index >= 15 is 0 Å². The lowest BCUT2D eigenvalue weighted by Crippen LogP contribution is -2.26. The predicted molar refractivity (Wildman–Crippen MR) is 128 cm³/mol. The van der Waals surface area contributed by atoms with Gasteiger partial charge in [0.15, 0.2) is 11.0 Å². The molecule has 33 heavy (non-hydrogen) atoms. The molecule has 3 aromatic rings. The number of hydrogen-bond acceptors (Lipinski definition) is 7. The third-order valence-electron chi connectivity index (χ3n) is 4.56. The minimum atomic E-state index is -0.262. The molecule has 0 spiro atoms. The molecular formula is C23H25ClN4O4S. The number of amides is 1. The summed E-state index contributed by atoms with van der Waals surface area (Å²) in [5, 5.41) is 12.7. The number of nitrogens with one attached hydrogen (secondary N) is 1. The second-order valence-electron chi connectivity index (χ2n) is 6.90. The number of aromatic nitrogens is 3. The number of methoxy groups -OCH3 is 1. The normalized spacial score (nSPS) is 10.6. The summed E-state index contributed by atoms with van der Waals surface area (Å²) in [6, 6.07) is 14.8. The Bertz CT molecular complexity index is 1090. The molecule has 1 N–H and O–H groups in total. The summed E-state index contributed by atoms with van der Waals surface area (Å²) in [6.07, 6.45) is 0.798. The molecule has 0 fully saturated rings. The van der Waals surface area contributed by atoms with Crippen LogP contribution >= 0.6 is 23.4 Å². The molecule has 0 saturated heterocycles. The molecule has 0 aliphatic carbocycles. The van der Waals surface area contributed by atoms with Crippen LogP contribution in [-0.2, 0) is 14.3 Å². The largest absolute Gasteiger partial charge is 0.497 e. The molecule has 0 unspecified atom stereocenters. The number of hydrogen-bond donors (Lipinski definition) is 1. The van der Waals surface area contributed by atoms with Gasteiger partial charge in [0.05, 0.1) is 19.5 Å². The number of nitrogens with zero attached hydrogens (tertiary/aromatic N) is 3. The fourth-order valence-corrected chi connectivity index (χ4v) is 3.92. The first-order valence-corrected chi connectivity index (χ1v) is 11.8. The van der Waals surface area contributed by atoms with Gasteiger partial charge in [0, 0.05) is 29.2 Å². The van der Waals surface area contributed by atoms with Crippen LogP contribution < -0.4 is 10.1 Å². The van der Waals surface area contributed by atoms with E-state index in [2.05, 4.69) is 15.5 Å². The minimum absolute atomic E-state index is 0.155. The van der Waals surface area contributed by atoms with Gasteiger partial charge in [-0.2, -0.15) is 0 Å². The second kappa shape index (κ2) is 12.3. The monoisotopic (exact) mass is 488 g/mol. The van der Waals surface area contributed by atoms with Gasteiger partial charge >= 0.3 is 5.97 Å². The first kappa shape index (κ1) is 24.6. The summed E-state index contributed by atoms with van der Waals surface area (Å²) >= 11 is 7.34. The Labute approximate surface area is 201 Å². The maximum atomic E-state index is 12.3. The average molecular weight is 489 g/mol. The van der Waals surface area contributed by atoms with Crippen molar-refractivity contribution in [1.29, 1.82) is 0 Å². The van der Waals surface area contributed by atoms with E-state index in [4.69, 9.17) is 21.1 Å². The highest BCUT2D eigenvalue weighted by Crippen LogP contribution is 2.30. The Hall–Kier alpha value is -3.04. The van der Waals surface area contributed by atoms with E-state index in [1.807, 2.05) is 41.0 Å². The van der Waals surface area contributed by atoms with Crippen molar-refractivity contribution >= 4 is 35.2 Å².